The van der Waals surface area contributed by atoms with Crippen LogP contribution in [0.25, 0.3) is 11.1 Å². The largest absolute Gasteiger partial charge is 0.313 e. The minimum atomic E-state index is -0.186. The van der Waals surface area contributed by atoms with Crippen molar-refractivity contribution in [3.05, 3.63) is 41.5 Å². The Hall–Kier alpha value is -1.68. The van der Waals surface area contributed by atoms with E-state index in [-0.39, 0.29) is 5.82 Å². The molecular weight excluding hydrogens is 241 g/mol. The number of nitrogens with one attached hydrogen (secondary N) is 1. The molecule has 0 aliphatic heterocycles. The molecule has 1 aromatic carbocycles. The fourth-order valence-electron chi connectivity index (χ4n) is 2.10. The van der Waals surface area contributed by atoms with Gasteiger partial charge in [0.1, 0.15) is 5.82 Å². The zero-order valence-corrected chi connectivity index (χ0v) is 11.7. The second kappa shape index (κ2) is 5.97. The van der Waals surface area contributed by atoms with Gasteiger partial charge in [0.15, 0.2) is 0 Å². The number of hydrogen-bond acceptors (Lipinski definition) is 2. The molecule has 0 unspecified atom stereocenters. The van der Waals surface area contributed by atoms with Crippen LogP contribution in [0.15, 0.2) is 24.4 Å². The normalized spacial score (nSPS) is 10.9. The predicted molar refractivity (Wildman–Crippen MR) is 75.4 cm³/mol. The Morgan fingerprint density at radius 1 is 1.26 bits per heavy atom. The van der Waals surface area contributed by atoms with E-state index in [1.54, 1.807) is 6.07 Å². The van der Waals surface area contributed by atoms with E-state index >= 15 is 0 Å². The molecule has 2 aromatic rings. The second-order valence-corrected chi connectivity index (χ2v) is 4.58. The summed E-state index contributed by atoms with van der Waals surface area (Å²) in [5, 5.41) is 7.55. The predicted octanol–water partition coefficient (Wildman–Crippen LogP) is 3.13. The topological polar surface area (TPSA) is 29.9 Å². The summed E-state index contributed by atoms with van der Waals surface area (Å²) in [5.41, 5.74) is 3.32. The van der Waals surface area contributed by atoms with Gasteiger partial charge < -0.3 is 5.32 Å². The van der Waals surface area contributed by atoms with Crippen LogP contribution in [-0.2, 0) is 13.1 Å². The van der Waals surface area contributed by atoms with Crippen molar-refractivity contribution in [1.82, 2.24) is 15.1 Å². The van der Waals surface area contributed by atoms with Crippen molar-refractivity contribution >= 4 is 0 Å². The summed E-state index contributed by atoms with van der Waals surface area (Å²) < 4.78 is 16.0. The maximum Gasteiger partial charge on any atom is 0.131 e. The lowest BCUT2D eigenvalue weighted by atomic mass is 10.0. The molecule has 1 aromatic heterocycles. The lowest BCUT2D eigenvalue weighted by Gasteiger charge is -2.06. The summed E-state index contributed by atoms with van der Waals surface area (Å²) in [4.78, 5) is 0. The third kappa shape index (κ3) is 3.01. The van der Waals surface area contributed by atoms with E-state index in [0.717, 1.165) is 29.9 Å². The number of nitrogens with zero attached hydrogens (tertiary/aromatic N) is 2. The maximum atomic E-state index is 14.2. The van der Waals surface area contributed by atoms with Gasteiger partial charge in [0.05, 0.1) is 5.69 Å². The number of hydrogen-bond donors (Lipinski definition) is 1. The molecule has 0 saturated heterocycles. The molecule has 3 nitrogen and oxygen atoms in total. The van der Waals surface area contributed by atoms with Crippen molar-refractivity contribution in [2.24, 2.45) is 0 Å². The monoisotopic (exact) mass is 261 g/mol. The molecule has 19 heavy (non-hydrogen) atoms. The molecular formula is C15H20FN3. The van der Waals surface area contributed by atoms with Gasteiger partial charge in [-0.25, -0.2) is 4.39 Å². The van der Waals surface area contributed by atoms with Gasteiger partial charge in [0.25, 0.3) is 0 Å². The molecule has 0 fully saturated rings. The minimum absolute atomic E-state index is 0.186. The van der Waals surface area contributed by atoms with Crippen molar-refractivity contribution in [3.63, 3.8) is 0 Å². The fourth-order valence-corrected chi connectivity index (χ4v) is 2.10. The first kappa shape index (κ1) is 13.7. The van der Waals surface area contributed by atoms with E-state index in [1.165, 1.54) is 0 Å². The lowest BCUT2D eigenvalue weighted by Crippen LogP contribution is -2.11. The van der Waals surface area contributed by atoms with E-state index in [1.807, 2.05) is 43.8 Å². The molecule has 0 radical (unpaired) electrons. The van der Waals surface area contributed by atoms with Gasteiger partial charge in [-0.2, -0.15) is 5.10 Å². The van der Waals surface area contributed by atoms with Crippen LogP contribution in [0.4, 0.5) is 4.39 Å². The third-order valence-electron chi connectivity index (χ3n) is 3.17. The number of benzene rings is 1. The molecule has 0 aliphatic carbocycles. The third-order valence-corrected chi connectivity index (χ3v) is 3.17. The van der Waals surface area contributed by atoms with Crippen molar-refractivity contribution in [2.45, 2.75) is 33.9 Å². The Kier molecular flexibility index (Phi) is 4.32. The summed E-state index contributed by atoms with van der Waals surface area (Å²) in [7, 11) is 0. The van der Waals surface area contributed by atoms with Crippen LogP contribution in [-0.4, -0.2) is 16.3 Å². The van der Waals surface area contributed by atoms with E-state index in [4.69, 9.17) is 0 Å². The average molecular weight is 261 g/mol. The first-order valence-corrected chi connectivity index (χ1v) is 6.69. The van der Waals surface area contributed by atoms with Gasteiger partial charge in [-0.1, -0.05) is 19.1 Å². The van der Waals surface area contributed by atoms with E-state index in [0.29, 0.717) is 12.1 Å². The quantitative estimate of drug-likeness (QED) is 0.896. The molecule has 2 rings (SSSR count). The highest BCUT2D eigenvalue weighted by atomic mass is 19.1. The smallest absolute Gasteiger partial charge is 0.131 e. The maximum absolute atomic E-state index is 14.2. The van der Waals surface area contributed by atoms with E-state index < -0.39 is 0 Å². The molecule has 0 spiro atoms. The van der Waals surface area contributed by atoms with Gasteiger partial charge in [0.2, 0.25) is 0 Å². The van der Waals surface area contributed by atoms with Crippen LogP contribution in [0, 0.1) is 12.7 Å². The second-order valence-electron chi connectivity index (χ2n) is 4.58. The van der Waals surface area contributed by atoms with E-state index in [9.17, 15) is 4.39 Å². The number of rotatable bonds is 5. The molecule has 1 N–H and O–H groups in total. The van der Waals surface area contributed by atoms with Crippen molar-refractivity contribution in [2.75, 3.05) is 6.54 Å². The van der Waals surface area contributed by atoms with Crippen LogP contribution in [0.3, 0.4) is 0 Å². The number of halogens is 1. The number of aromatic nitrogens is 2. The van der Waals surface area contributed by atoms with E-state index in [2.05, 4.69) is 10.4 Å². The van der Waals surface area contributed by atoms with Crippen LogP contribution in [0.5, 0.6) is 0 Å². The molecule has 0 atom stereocenters. The van der Waals surface area contributed by atoms with Crippen molar-refractivity contribution in [3.8, 4) is 11.1 Å². The highest BCUT2D eigenvalue weighted by Crippen LogP contribution is 2.26. The van der Waals surface area contributed by atoms with Crippen LogP contribution in [0.1, 0.15) is 25.1 Å². The Morgan fingerprint density at radius 3 is 2.63 bits per heavy atom. The number of aryl methyl sites for hydroxylation is 2. The molecule has 102 valence electrons. The van der Waals surface area contributed by atoms with Gasteiger partial charge in [-0.3, -0.25) is 4.68 Å². The Labute approximate surface area is 113 Å². The van der Waals surface area contributed by atoms with Crippen LogP contribution >= 0.6 is 0 Å². The standard InChI is InChI=1S/C15H20FN3/c1-4-17-9-12-6-7-13(15(16)8-12)14-10-19(5-2)18-11(14)3/h6-8,10,17H,4-5,9H2,1-3H3. The van der Waals surface area contributed by atoms with Gasteiger partial charge in [-0.05, 0) is 32.0 Å². The van der Waals surface area contributed by atoms with Crippen molar-refractivity contribution in [1.29, 1.82) is 0 Å². The summed E-state index contributed by atoms with van der Waals surface area (Å²) >= 11 is 0. The Morgan fingerprint density at radius 2 is 2.05 bits per heavy atom. The molecule has 0 bridgehead atoms. The zero-order valence-electron chi connectivity index (χ0n) is 11.7. The summed E-state index contributed by atoms with van der Waals surface area (Å²) in [5.74, 6) is -0.186. The van der Waals surface area contributed by atoms with Crippen molar-refractivity contribution < 1.29 is 4.39 Å². The van der Waals surface area contributed by atoms with Crippen LogP contribution in [0.2, 0.25) is 0 Å². The Bertz CT molecular complexity index is 561. The van der Waals surface area contributed by atoms with Gasteiger partial charge in [0, 0.05) is 30.4 Å². The summed E-state index contributed by atoms with van der Waals surface area (Å²) in [6.45, 7) is 8.33. The molecule has 4 heteroatoms. The highest BCUT2D eigenvalue weighted by Gasteiger charge is 2.11. The molecule has 1 heterocycles. The van der Waals surface area contributed by atoms with Gasteiger partial charge >= 0.3 is 0 Å². The van der Waals surface area contributed by atoms with Crippen LogP contribution < -0.4 is 5.32 Å². The highest BCUT2D eigenvalue weighted by molar-refractivity contribution is 5.66. The lowest BCUT2D eigenvalue weighted by molar-refractivity contribution is 0.625. The average Bonchev–Trinajstić information content (AvgIpc) is 2.78. The first-order chi connectivity index (χ1) is 9.15. The first-order valence-electron chi connectivity index (χ1n) is 6.69. The summed E-state index contributed by atoms with van der Waals surface area (Å²) in [6, 6.07) is 5.40. The molecule has 0 saturated carbocycles. The molecule has 0 aliphatic rings. The zero-order chi connectivity index (χ0) is 13.8. The minimum Gasteiger partial charge on any atom is -0.313 e. The Balaban J connectivity index is 2.32. The molecule has 0 amide bonds. The summed E-state index contributed by atoms with van der Waals surface area (Å²) in [6.07, 6.45) is 1.90. The fraction of sp³-hybridized carbons (Fsp3) is 0.400. The SMILES string of the molecule is CCNCc1ccc(-c2cn(CC)nc2C)c(F)c1. The van der Waals surface area contributed by atoms with Gasteiger partial charge in [-0.15, -0.1) is 0 Å².